The summed E-state index contributed by atoms with van der Waals surface area (Å²) >= 11 is 2.03. The zero-order valence-electron chi connectivity index (χ0n) is 11.1. The molecule has 2 fully saturated rings. The van der Waals surface area contributed by atoms with Gasteiger partial charge in [0.25, 0.3) is 0 Å². The lowest BCUT2D eigenvalue weighted by Gasteiger charge is -2.35. The van der Waals surface area contributed by atoms with Crippen molar-refractivity contribution in [1.82, 2.24) is 10.2 Å². The van der Waals surface area contributed by atoms with Gasteiger partial charge in [-0.15, -0.1) is 0 Å². The van der Waals surface area contributed by atoms with E-state index < -0.39 is 0 Å². The molecular weight excluding hydrogens is 232 g/mol. The van der Waals surface area contributed by atoms with E-state index in [0.29, 0.717) is 29.7 Å². The first-order valence-electron chi connectivity index (χ1n) is 6.81. The summed E-state index contributed by atoms with van der Waals surface area (Å²) in [6.45, 7) is 7.13. The SMILES string of the molecule is CCSC1CCCC1N1C(=O)CNC1C(C)C. The maximum atomic E-state index is 12.1. The summed E-state index contributed by atoms with van der Waals surface area (Å²) in [6, 6.07) is 0.467. The Morgan fingerprint density at radius 3 is 2.88 bits per heavy atom. The van der Waals surface area contributed by atoms with Gasteiger partial charge in [0.1, 0.15) is 0 Å². The van der Waals surface area contributed by atoms with Crippen molar-refractivity contribution in [1.29, 1.82) is 0 Å². The van der Waals surface area contributed by atoms with Gasteiger partial charge in [0.2, 0.25) is 5.91 Å². The summed E-state index contributed by atoms with van der Waals surface area (Å²) < 4.78 is 0. The fourth-order valence-electron chi connectivity index (χ4n) is 3.12. The van der Waals surface area contributed by atoms with Crippen molar-refractivity contribution in [2.45, 2.75) is 57.5 Å². The van der Waals surface area contributed by atoms with Crippen LogP contribution in [-0.2, 0) is 4.79 Å². The molecule has 1 saturated carbocycles. The minimum atomic E-state index is 0.255. The molecule has 0 spiro atoms. The molecule has 17 heavy (non-hydrogen) atoms. The van der Waals surface area contributed by atoms with Gasteiger partial charge in [0.05, 0.1) is 12.7 Å². The van der Waals surface area contributed by atoms with Crippen molar-refractivity contribution in [3.05, 3.63) is 0 Å². The number of carbonyl (C=O) groups is 1. The second kappa shape index (κ2) is 5.61. The molecule has 3 nitrogen and oxygen atoms in total. The lowest BCUT2D eigenvalue weighted by molar-refractivity contribution is -0.130. The van der Waals surface area contributed by atoms with Crippen molar-refractivity contribution >= 4 is 17.7 Å². The molecule has 2 aliphatic rings. The number of nitrogens with zero attached hydrogens (tertiary/aromatic N) is 1. The van der Waals surface area contributed by atoms with Gasteiger partial charge in [-0.25, -0.2) is 0 Å². The van der Waals surface area contributed by atoms with E-state index in [-0.39, 0.29) is 6.17 Å². The predicted molar refractivity (Wildman–Crippen MR) is 73.0 cm³/mol. The van der Waals surface area contributed by atoms with E-state index in [1.165, 1.54) is 19.3 Å². The van der Waals surface area contributed by atoms with Gasteiger partial charge in [0.15, 0.2) is 0 Å². The summed E-state index contributed by atoms with van der Waals surface area (Å²) in [6.07, 6.45) is 3.99. The average molecular weight is 256 g/mol. The van der Waals surface area contributed by atoms with Crippen LogP contribution in [0.25, 0.3) is 0 Å². The lowest BCUT2D eigenvalue weighted by Crippen LogP contribution is -2.49. The number of amides is 1. The molecule has 98 valence electrons. The fourth-order valence-corrected chi connectivity index (χ4v) is 4.37. The van der Waals surface area contributed by atoms with Crippen molar-refractivity contribution in [3.63, 3.8) is 0 Å². The van der Waals surface area contributed by atoms with E-state index in [1.807, 2.05) is 11.8 Å². The Labute approximate surface area is 109 Å². The largest absolute Gasteiger partial charge is 0.322 e. The summed E-state index contributed by atoms with van der Waals surface area (Å²) in [4.78, 5) is 14.2. The molecule has 0 bridgehead atoms. The van der Waals surface area contributed by atoms with Crippen LogP contribution in [0.15, 0.2) is 0 Å². The maximum Gasteiger partial charge on any atom is 0.238 e. The molecule has 0 radical (unpaired) electrons. The quantitative estimate of drug-likeness (QED) is 0.836. The molecular formula is C13H24N2OS. The van der Waals surface area contributed by atoms with Gasteiger partial charge in [-0.2, -0.15) is 11.8 Å². The molecule has 0 aromatic rings. The van der Waals surface area contributed by atoms with Crippen LogP contribution in [0.3, 0.4) is 0 Å². The van der Waals surface area contributed by atoms with E-state index in [1.54, 1.807) is 0 Å². The van der Waals surface area contributed by atoms with Gasteiger partial charge in [-0.05, 0) is 24.5 Å². The number of hydrogen-bond donors (Lipinski definition) is 1. The van der Waals surface area contributed by atoms with Crippen molar-refractivity contribution in [3.8, 4) is 0 Å². The van der Waals surface area contributed by atoms with Crippen LogP contribution in [-0.4, -0.2) is 40.6 Å². The molecule has 1 amide bonds. The Hall–Kier alpha value is -0.220. The van der Waals surface area contributed by atoms with Gasteiger partial charge in [-0.3, -0.25) is 10.1 Å². The number of thioether (sulfide) groups is 1. The van der Waals surface area contributed by atoms with Crippen LogP contribution in [0, 0.1) is 5.92 Å². The molecule has 4 heteroatoms. The lowest BCUT2D eigenvalue weighted by atomic mass is 10.1. The Bertz CT molecular complexity index is 283. The summed E-state index contributed by atoms with van der Waals surface area (Å²) in [5.41, 5.74) is 0. The number of rotatable bonds is 4. The van der Waals surface area contributed by atoms with Crippen LogP contribution in [0.5, 0.6) is 0 Å². The first kappa shape index (κ1) is 13.2. The third-order valence-corrected chi connectivity index (χ3v) is 5.15. The number of carbonyl (C=O) groups excluding carboxylic acids is 1. The molecule has 1 aliphatic heterocycles. The maximum absolute atomic E-state index is 12.1. The first-order valence-corrected chi connectivity index (χ1v) is 7.86. The predicted octanol–water partition coefficient (Wildman–Crippen LogP) is 2.07. The second-order valence-corrected chi connectivity index (χ2v) is 6.88. The van der Waals surface area contributed by atoms with Crippen molar-refractivity contribution in [2.24, 2.45) is 5.92 Å². The molecule has 1 N–H and O–H groups in total. The third-order valence-electron chi connectivity index (χ3n) is 3.84. The van der Waals surface area contributed by atoms with Gasteiger partial charge in [0, 0.05) is 11.3 Å². The topological polar surface area (TPSA) is 32.3 Å². The molecule has 1 saturated heterocycles. The molecule has 1 aliphatic carbocycles. The fraction of sp³-hybridized carbons (Fsp3) is 0.923. The third kappa shape index (κ3) is 2.63. The zero-order valence-corrected chi connectivity index (χ0v) is 11.9. The smallest absolute Gasteiger partial charge is 0.238 e. The Kier molecular flexibility index (Phi) is 4.36. The molecule has 0 aromatic carbocycles. The summed E-state index contributed by atoms with van der Waals surface area (Å²) in [5.74, 6) is 1.95. The molecule has 3 atom stereocenters. The monoisotopic (exact) mass is 256 g/mol. The first-order chi connectivity index (χ1) is 8.15. The van der Waals surface area contributed by atoms with E-state index in [9.17, 15) is 4.79 Å². The second-order valence-electron chi connectivity index (χ2n) is 5.36. The van der Waals surface area contributed by atoms with Gasteiger partial charge < -0.3 is 4.90 Å². The van der Waals surface area contributed by atoms with Crippen LogP contribution in [0.4, 0.5) is 0 Å². The summed E-state index contributed by atoms with van der Waals surface area (Å²) in [7, 11) is 0. The van der Waals surface area contributed by atoms with Crippen LogP contribution < -0.4 is 5.32 Å². The standard InChI is InChI=1S/C13H24N2OS/c1-4-17-11-7-5-6-10(11)15-12(16)8-14-13(15)9(2)3/h9-11,13-14H,4-8H2,1-3H3. The van der Waals surface area contributed by atoms with E-state index in [2.05, 4.69) is 31.0 Å². The van der Waals surface area contributed by atoms with Gasteiger partial charge in [-0.1, -0.05) is 27.2 Å². The number of hydrogen-bond acceptors (Lipinski definition) is 3. The normalized spacial score (nSPS) is 34.0. The van der Waals surface area contributed by atoms with Crippen LogP contribution in [0.2, 0.25) is 0 Å². The molecule has 0 aromatic heterocycles. The van der Waals surface area contributed by atoms with E-state index in [0.717, 1.165) is 5.75 Å². The van der Waals surface area contributed by atoms with Gasteiger partial charge >= 0.3 is 0 Å². The Balaban J connectivity index is 2.10. The molecule has 1 heterocycles. The summed E-state index contributed by atoms with van der Waals surface area (Å²) in [5, 5.41) is 4.02. The van der Waals surface area contributed by atoms with Crippen molar-refractivity contribution in [2.75, 3.05) is 12.3 Å². The van der Waals surface area contributed by atoms with Crippen molar-refractivity contribution < 1.29 is 4.79 Å². The van der Waals surface area contributed by atoms with E-state index >= 15 is 0 Å². The van der Waals surface area contributed by atoms with E-state index in [4.69, 9.17) is 0 Å². The highest BCUT2D eigenvalue weighted by atomic mass is 32.2. The number of nitrogens with one attached hydrogen (secondary N) is 1. The Morgan fingerprint density at radius 1 is 1.47 bits per heavy atom. The average Bonchev–Trinajstić information content (AvgIpc) is 2.85. The van der Waals surface area contributed by atoms with Crippen LogP contribution in [0.1, 0.15) is 40.0 Å². The molecule has 3 unspecified atom stereocenters. The highest BCUT2D eigenvalue weighted by molar-refractivity contribution is 7.99. The highest BCUT2D eigenvalue weighted by Crippen LogP contribution is 2.35. The Morgan fingerprint density at radius 2 is 2.24 bits per heavy atom. The zero-order chi connectivity index (χ0) is 12.4. The van der Waals surface area contributed by atoms with Crippen LogP contribution >= 0.6 is 11.8 Å². The minimum absolute atomic E-state index is 0.255. The highest BCUT2D eigenvalue weighted by Gasteiger charge is 2.42. The minimum Gasteiger partial charge on any atom is -0.322 e. The molecule has 2 rings (SSSR count).